The number of nitrogens with one attached hydrogen (secondary N) is 1. The second-order valence-electron chi connectivity index (χ2n) is 5.64. The first-order chi connectivity index (χ1) is 7.93. The second kappa shape index (κ2) is 6.15. The van der Waals surface area contributed by atoms with Crippen LogP contribution in [0.15, 0.2) is 24.3 Å². The summed E-state index contributed by atoms with van der Waals surface area (Å²) in [6.45, 7) is 8.45. The molecular weight excluding hydrogens is 210 g/mol. The van der Waals surface area contributed by atoms with Crippen molar-refractivity contribution in [3.05, 3.63) is 35.4 Å². The molecule has 0 unspecified atom stereocenters. The van der Waals surface area contributed by atoms with Crippen molar-refractivity contribution >= 4 is 0 Å². The van der Waals surface area contributed by atoms with Crippen LogP contribution in [0.25, 0.3) is 0 Å². The molecule has 96 valence electrons. The molecule has 0 radical (unpaired) electrons. The molecule has 0 amide bonds. The van der Waals surface area contributed by atoms with Gasteiger partial charge in [0.05, 0.1) is 6.67 Å². The van der Waals surface area contributed by atoms with E-state index in [-0.39, 0.29) is 5.41 Å². The van der Waals surface area contributed by atoms with E-state index in [0.717, 1.165) is 19.6 Å². The zero-order chi connectivity index (χ0) is 12.9. The van der Waals surface area contributed by atoms with Crippen molar-refractivity contribution in [3.8, 4) is 0 Å². The molecule has 0 aliphatic rings. The van der Waals surface area contributed by atoms with Gasteiger partial charge in [0, 0.05) is 6.54 Å². The van der Waals surface area contributed by atoms with Gasteiger partial charge in [-0.15, -0.1) is 0 Å². The molecule has 0 aliphatic heterocycles. The second-order valence-corrected chi connectivity index (χ2v) is 5.64. The molecule has 0 heterocycles. The van der Waals surface area contributed by atoms with Crippen molar-refractivity contribution in [1.82, 2.24) is 10.3 Å². The Hall–Kier alpha value is -0.900. The lowest BCUT2D eigenvalue weighted by atomic mass is 9.86. The normalized spacial score (nSPS) is 12.1. The van der Waals surface area contributed by atoms with Crippen molar-refractivity contribution in [1.29, 1.82) is 0 Å². The zero-order valence-corrected chi connectivity index (χ0v) is 11.5. The van der Waals surface area contributed by atoms with E-state index in [4.69, 9.17) is 5.84 Å². The average molecular weight is 235 g/mol. The van der Waals surface area contributed by atoms with E-state index in [9.17, 15) is 0 Å². The third kappa shape index (κ3) is 4.86. The van der Waals surface area contributed by atoms with E-state index < -0.39 is 0 Å². The standard InChI is InChI=1S/C14H25N3/c1-14(2,3)13-7-5-12(6-8-13)9-10-17(4)11-16-15/h5-8,16H,9-11,15H2,1-4H3. The Kier molecular flexibility index (Phi) is 5.12. The summed E-state index contributed by atoms with van der Waals surface area (Å²) in [5.74, 6) is 5.27. The maximum Gasteiger partial charge on any atom is 0.0610 e. The maximum absolute atomic E-state index is 5.27. The van der Waals surface area contributed by atoms with E-state index in [1.54, 1.807) is 0 Å². The van der Waals surface area contributed by atoms with E-state index in [0.29, 0.717) is 0 Å². The maximum atomic E-state index is 5.27. The third-order valence-corrected chi connectivity index (χ3v) is 2.96. The van der Waals surface area contributed by atoms with Gasteiger partial charge >= 0.3 is 0 Å². The highest BCUT2D eigenvalue weighted by atomic mass is 15.3. The Morgan fingerprint density at radius 1 is 1.18 bits per heavy atom. The smallest absolute Gasteiger partial charge is 0.0610 e. The summed E-state index contributed by atoms with van der Waals surface area (Å²) in [5, 5.41) is 0. The molecule has 0 saturated carbocycles. The molecule has 3 heteroatoms. The van der Waals surface area contributed by atoms with E-state index in [2.05, 4.69) is 62.4 Å². The molecular formula is C14H25N3. The van der Waals surface area contributed by atoms with Gasteiger partial charge in [-0.25, -0.2) is 5.43 Å². The molecule has 3 N–H and O–H groups in total. The molecule has 1 aromatic carbocycles. The fourth-order valence-corrected chi connectivity index (χ4v) is 1.73. The van der Waals surface area contributed by atoms with Crippen LogP contribution in [0.3, 0.4) is 0 Å². The first kappa shape index (κ1) is 14.2. The molecule has 0 spiro atoms. The number of nitrogens with zero attached hydrogens (tertiary/aromatic N) is 1. The van der Waals surface area contributed by atoms with Crippen molar-refractivity contribution in [2.75, 3.05) is 20.3 Å². The summed E-state index contributed by atoms with van der Waals surface area (Å²) in [7, 11) is 2.06. The first-order valence-corrected chi connectivity index (χ1v) is 6.15. The van der Waals surface area contributed by atoms with Crippen LogP contribution in [0.5, 0.6) is 0 Å². The zero-order valence-electron chi connectivity index (χ0n) is 11.5. The minimum Gasteiger partial charge on any atom is -0.292 e. The predicted octanol–water partition coefficient (Wildman–Crippen LogP) is 1.88. The van der Waals surface area contributed by atoms with Gasteiger partial charge in [-0.1, -0.05) is 45.0 Å². The molecule has 0 aliphatic carbocycles. The number of likely N-dealkylation sites (N-methyl/N-ethyl adjacent to an activating group) is 1. The Labute approximate surface area is 105 Å². The fraction of sp³-hybridized carbons (Fsp3) is 0.571. The molecule has 0 fully saturated rings. The molecule has 3 nitrogen and oxygen atoms in total. The SMILES string of the molecule is CN(CCc1ccc(C(C)(C)C)cc1)CNN. The summed E-state index contributed by atoms with van der Waals surface area (Å²) < 4.78 is 0. The minimum absolute atomic E-state index is 0.235. The topological polar surface area (TPSA) is 41.3 Å². The summed E-state index contributed by atoms with van der Waals surface area (Å²) in [4.78, 5) is 2.16. The number of rotatable bonds is 5. The first-order valence-electron chi connectivity index (χ1n) is 6.15. The van der Waals surface area contributed by atoms with Crippen LogP contribution < -0.4 is 11.3 Å². The van der Waals surface area contributed by atoms with Crippen LogP contribution in [-0.4, -0.2) is 25.2 Å². The Bertz CT molecular complexity index is 324. The lowest BCUT2D eigenvalue weighted by Crippen LogP contribution is -2.36. The average Bonchev–Trinajstić information content (AvgIpc) is 2.26. The highest BCUT2D eigenvalue weighted by Gasteiger charge is 2.12. The van der Waals surface area contributed by atoms with Crippen LogP contribution in [0.1, 0.15) is 31.9 Å². The Balaban J connectivity index is 2.51. The molecule has 1 aromatic rings. The Morgan fingerprint density at radius 3 is 2.24 bits per heavy atom. The Morgan fingerprint density at radius 2 is 1.76 bits per heavy atom. The summed E-state index contributed by atoms with van der Waals surface area (Å²) in [6, 6.07) is 8.92. The lowest BCUT2D eigenvalue weighted by molar-refractivity contribution is 0.313. The van der Waals surface area contributed by atoms with Crippen molar-refractivity contribution < 1.29 is 0 Å². The van der Waals surface area contributed by atoms with Gasteiger partial charge in [0.15, 0.2) is 0 Å². The molecule has 0 aromatic heterocycles. The van der Waals surface area contributed by atoms with Crippen LogP contribution in [0.2, 0.25) is 0 Å². The van der Waals surface area contributed by atoms with Gasteiger partial charge in [-0.2, -0.15) is 0 Å². The number of hydrogen-bond acceptors (Lipinski definition) is 3. The lowest BCUT2D eigenvalue weighted by Gasteiger charge is -2.20. The van der Waals surface area contributed by atoms with Gasteiger partial charge < -0.3 is 0 Å². The summed E-state index contributed by atoms with van der Waals surface area (Å²) >= 11 is 0. The van der Waals surface area contributed by atoms with Crippen molar-refractivity contribution in [3.63, 3.8) is 0 Å². The van der Waals surface area contributed by atoms with Crippen LogP contribution in [0, 0.1) is 0 Å². The highest BCUT2D eigenvalue weighted by Crippen LogP contribution is 2.22. The number of hydrogen-bond donors (Lipinski definition) is 2. The number of nitrogens with two attached hydrogens (primary N) is 1. The molecule has 0 atom stereocenters. The van der Waals surface area contributed by atoms with Crippen LogP contribution in [-0.2, 0) is 11.8 Å². The van der Waals surface area contributed by atoms with Gasteiger partial charge in [0.1, 0.15) is 0 Å². The van der Waals surface area contributed by atoms with Gasteiger partial charge in [-0.05, 0) is 30.0 Å². The van der Waals surface area contributed by atoms with Gasteiger partial charge in [0.2, 0.25) is 0 Å². The molecule has 1 rings (SSSR count). The summed E-state index contributed by atoms with van der Waals surface area (Å²) in [6.07, 6.45) is 1.06. The van der Waals surface area contributed by atoms with Gasteiger partial charge in [-0.3, -0.25) is 10.7 Å². The molecule has 0 bridgehead atoms. The third-order valence-electron chi connectivity index (χ3n) is 2.96. The van der Waals surface area contributed by atoms with Crippen LogP contribution in [0.4, 0.5) is 0 Å². The fourth-order valence-electron chi connectivity index (χ4n) is 1.73. The van der Waals surface area contributed by atoms with E-state index in [1.807, 2.05) is 0 Å². The number of benzene rings is 1. The molecule has 0 saturated heterocycles. The molecule has 17 heavy (non-hydrogen) atoms. The number of hydrazine groups is 1. The largest absolute Gasteiger partial charge is 0.292 e. The predicted molar refractivity (Wildman–Crippen MR) is 73.7 cm³/mol. The monoisotopic (exact) mass is 235 g/mol. The summed E-state index contributed by atoms with van der Waals surface area (Å²) in [5.41, 5.74) is 5.66. The van der Waals surface area contributed by atoms with Crippen LogP contribution >= 0.6 is 0 Å². The van der Waals surface area contributed by atoms with Crippen molar-refractivity contribution in [2.24, 2.45) is 5.84 Å². The minimum atomic E-state index is 0.235. The van der Waals surface area contributed by atoms with Gasteiger partial charge in [0.25, 0.3) is 0 Å². The van der Waals surface area contributed by atoms with E-state index >= 15 is 0 Å². The van der Waals surface area contributed by atoms with Crippen molar-refractivity contribution in [2.45, 2.75) is 32.6 Å². The highest BCUT2D eigenvalue weighted by molar-refractivity contribution is 5.27. The quantitative estimate of drug-likeness (QED) is 0.465. The van der Waals surface area contributed by atoms with E-state index in [1.165, 1.54) is 11.1 Å².